The van der Waals surface area contributed by atoms with E-state index in [1.54, 1.807) is 25.3 Å². The summed E-state index contributed by atoms with van der Waals surface area (Å²) in [6.45, 7) is 3.57. The number of carbonyl (C=O) groups excluding carboxylic acids is 1. The second-order valence-electron chi connectivity index (χ2n) is 4.85. The largest absolute Gasteiger partial charge is 0.490 e. The Bertz CT molecular complexity index is 564. The van der Waals surface area contributed by atoms with Crippen LogP contribution in [0.1, 0.15) is 10.4 Å². The number of ether oxygens (including phenoxy) is 3. The topological polar surface area (TPSA) is 60.0 Å². The van der Waals surface area contributed by atoms with Crippen molar-refractivity contribution in [3.63, 3.8) is 0 Å². The van der Waals surface area contributed by atoms with Gasteiger partial charge in [0.2, 0.25) is 0 Å². The minimum absolute atomic E-state index is 0.245. The van der Waals surface area contributed by atoms with Crippen molar-refractivity contribution in [1.82, 2.24) is 10.2 Å². The standard InChI is InChI=1S/C15H19BrN2O4S/c1-20-8-9-22-13-3-2-11(10-12(13)16)14(19)17-15(23)18-4-6-21-7-5-18/h2-3,10H,4-9H2,1H3,(H,17,19,23). The average Bonchev–Trinajstić information content (AvgIpc) is 2.57. The van der Waals surface area contributed by atoms with E-state index in [4.69, 9.17) is 26.4 Å². The molecule has 0 spiro atoms. The molecule has 1 aliphatic heterocycles. The second-order valence-corrected chi connectivity index (χ2v) is 6.09. The van der Waals surface area contributed by atoms with Gasteiger partial charge in [-0.05, 0) is 46.3 Å². The molecule has 0 aliphatic carbocycles. The number of halogens is 1. The number of morpholine rings is 1. The van der Waals surface area contributed by atoms with E-state index in [1.165, 1.54) is 0 Å². The molecular weight excluding hydrogens is 384 g/mol. The highest BCUT2D eigenvalue weighted by Gasteiger charge is 2.17. The van der Waals surface area contributed by atoms with Crippen LogP contribution in [0.15, 0.2) is 22.7 Å². The zero-order valence-electron chi connectivity index (χ0n) is 12.8. The zero-order chi connectivity index (χ0) is 16.7. The Morgan fingerprint density at radius 1 is 1.39 bits per heavy atom. The number of methoxy groups -OCH3 is 1. The van der Waals surface area contributed by atoms with Crippen molar-refractivity contribution in [1.29, 1.82) is 0 Å². The number of amides is 1. The van der Waals surface area contributed by atoms with Crippen LogP contribution in [0.25, 0.3) is 0 Å². The van der Waals surface area contributed by atoms with E-state index in [2.05, 4.69) is 21.2 Å². The Morgan fingerprint density at radius 2 is 2.13 bits per heavy atom. The molecule has 0 atom stereocenters. The molecule has 0 saturated carbocycles. The number of hydrogen-bond donors (Lipinski definition) is 1. The lowest BCUT2D eigenvalue weighted by Gasteiger charge is -2.28. The monoisotopic (exact) mass is 402 g/mol. The van der Waals surface area contributed by atoms with Crippen LogP contribution in [0.5, 0.6) is 5.75 Å². The first-order valence-corrected chi connectivity index (χ1v) is 8.41. The summed E-state index contributed by atoms with van der Waals surface area (Å²) in [5.41, 5.74) is 0.506. The molecule has 1 aromatic rings. The van der Waals surface area contributed by atoms with Gasteiger partial charge in [0.25, 0.3) is 5.91 Å². The molecule has 6 nitrogen and oxygen atoms in total. The Morgan fingerprint density at radius 3 is 2.78 bits per heavy atom. The van der Waals surface area contributed by atoms with E-state index in [1.807, 2.05) is 4.90 Å². The molecule has 0 bridgehead atoms. The molecule has 1 heterocycles. The average molecular weight is 403 g/mol. The maximum absolute atomic E-state index is 12.3. The van der Waals surface area contributed by atoms with Gasteiger partial charge in [0.05, 0.1) is 24.3 Å². The summed E-state index contributed by atoms with van der Waals surface area (Å²) in [5, 5.41) is 3.17. The lowest BCUT2D eigenvalue weighted by atomic mass is 10.2. The second kappa shape index (κ2) is 9.17. The summed E-state index contributed by atoms with van der Waals surface area (Å²) < 4.78 is 16.4. The Hall–Kier alpha value is -1.22. The number of rotatable bonds is 5. The van der Waals surface area contributed by atoms with E-state index >= 15 is 0 Å². The zero-order valence-corrected chi connectivity index (χ0v) is 15.2. The molecule has 1 amide bonds. The molecule has 23 heavy (non-hydrogen) atoms. The van der Waals surface area contributed by atoms with Crippen molar-refractivity contribution in [3.05, 3.63) is 28.2 Å². The highest BCUT2D eigenvalue weighted by molar-refractivity contribution is 9.10. The summed E-state index contributed by atoms with van der Waals surface area (Å²) in [7, 11) is 1.61. The SMILES string of the molecule is COCCOc1ccc(C(=O)NC(=S)N2CCOCC2)cc1Br. The Labute approximate surface area is 149 Å². The van der Waals surface area contributed by atoms with Gasteiger partial charge in [0, 0.05) is 25.8 Å². The van der Waals surface area contributed by atoms with Crippen LogP contribution in [0.4, 0.5) is 0 Å². The summed E-state index contributed by atoms with van der Waals surface area (Å²) >= 11 is 8.67. The molecule has 0 unspecified atom stereocenters. The van der Waals surface area contributed by atoms with Gasteiger partial charge >= 0.3 is 0 Å². The lowest BCUT2D eigenvalue weighted by molar-refractivity contribution is 0.0669. The molecule has 8 heteroatoms. The van der Waals surface area contributed by atoms with E-state index in [0.717, 1.165) is 0 Å². The third-order valence-electron chi connectivity index (χ3n) is 3.26. The van der Waals surface area contributed by atoms with Crippen molar-refractivity contribution < 1.29 is 19.0 Å². The highest BCUT2D eigenvalue weighted by atomic mass is 79.9. The van der Waals surface area contributed by atoms with E-state index < -0.39 is 0 Å². The molecule has 126 valence electrons. The molecule has 1 fully saturated rings. The fourth-order valence-electron chi connectivity index (χ4n) is 2.01. The van der Waals surface area contributed by atoms with Crippen LogP contribution in [0, 0.1) is 0 Å². The molecule has 1 saturated heterocycles. The predicted octanol–water partition coefficient (Wildman–Crippen LogP) is 1.82. The van der Waals surface area contributed by atoms with Gasteiger partial charge in [0.1, 0.15) is 12.4 Å². The highest BCUT2D eigenvalue weighted by Crippen LogP contribution is 2.26. The summed E-state index contributed by atoms with van der Waals surface area (Å²) in [6, 6.07) is 5.15. The fourth-order valence-corrected chi connectivity index (χ4v) is 2.78. The number of thiocarbonyl (C=S) groups is 1. The van der Waals surface area contributed by atoms with Crippen LogP contribution in [0.2, 0.25) is 0 Å². The molecule has 0 aromatic heterocycles. The summed E-state index contributed by atoms with van der Waals surface area (Å²) in [5.74, 6) is 0.417. The Kier molecular flexibility index (Phi) is 7.22. The first-order valence-electron chi connectivity index (χ1n) is 7.21. The maximum atomic E-state index is 12.3. The minimum Gasteiger partial charge on any atom is -0.490 e. The van der Waals surface area contributed by atoms with E-state index in [-0.39, 0.29) is 5.91 Å². The summed E-state index contributed by atoms with van der Waals surface area (Å²) in [6.07, 6.45) is 0. The number of carbonyl (C=O) groups is 1. The van der Waals surface area contributed by atoms with Gasteiger partial charge in [-0.3, -0.25) is 10.1 Å². The van der Waals surface area contributed by atoms with Gasteiger partial charge < -0.3 is 19.1 Å². The van der Waals surface area contributed by atoms with E-state index in [0.29, 0.717) is 60.4 Å². The van der Waals surface area contributed by atoms with Gasteiger partial charge in [0.15, 0.2) is 5.11 Å². The van der Waals surface area contributed by atoms with E-state index in [9.17, 15) is 4.79 Å². The first kappa shape index (κ1) is 18.1. The summed E-state index contributed by atoms with van der Waals surface area (Å²) in [4.78, 5) is 14.2. The number of benzene rings is 1. The first-order chi connectivity index (χ1) is 11.1. The molecule has 1 N–H and O–H groups in total. The van der Waals surface area contributed by atoms with Crippen LogP contribution in [-0.2, 0) is 9.47 Å². The van der Waals surface area contributed by atoms with Gasteiger partial charge in [-0.1, -0.05) is 0 Å². The normalized spacial score (nSPS) is 14.4. The number of nitrogens with zero attached hydrogens (tertiary/aromatic N) is 1. The van der Waals surface area contributed by atoms with Crippen LogP contribution in [-0.4, -0.2) is 62.5 Å². The lowest BCUT2D eigenvalue weighted by Crippen LogP contribution is -2.47. The van der Waals surface area contributed by atoms with Crippen molar-refractivity contribution in [2.75, 3.05) is 46.6 Å². The minimum atomic E-state index is -0.245. The van der Waals surface area contributed by atoms with Gasteiger partial charge in [-0.15, -0.1) is 0 Å². The van der Waals surface area contributed by atoms with Crippen molar-refractivity contribution >= 4 is 39.2 Å². The number of hydrogen-bond acceptors (Lipinski definition) is 5. The van der Waals surface area contributed by atoms with Gasteiger partial charge in [-0.2, -0.15) is 0 Å². The molecule has 2 rings (SSSR count). The third-order valence-corrected chi connectivity index (χ3v) is 4.24. The van der Waals surface area contributed by atoms with Crippen molar-refractivity contribution in [2.24, 2.45) is 0 Å². The van der Waals surface area contributed by atoms with Crippen LogP contribution in [0.3, 0.4) is 0 Å². The Balaban J connectivity index is 1.93. The quantitative estimate of drug-likeness (QED) is 0.598. The smallest absolute Gasteiger partial charge is 0.257 e. The predicted molar refractivity (Wildman–Crippen MR) is 94.0 cm³/mol. The van der Waals surface area contributed by atoms with Crippen molar-refractivity contribution in [2.45, 2.75) is 0 Å². The molecule has 0 radical (unpaired) electrons. The molecular formula is C15H19BrN2O4S. The fraction of sp³-hybridized carbons (Fsp3) is 0.467. The van der Waals surface area contributed by atoms with Crippen molar-refractivity contribution in [3.8, 4) is 5.75 Å². The maximum Gasteiger partial charge on any atom is 0.257 e. The van der Waals surface area contributed by atoms with Gasteiger partial charge in [-0.25, -0.2) is 0 Å². The van der Waals surface area contributed by atoms with Crippen LogP contribution >= 0.6 is 28.1 Å². The van der Waals surface area contributed by atoms with Crippen LogP contribution < -0.4 is 10.1 Å². The molecule has 1 aliphatic rings. The third kappa shape index (κ3) is 5.42. The molecule has 1 aromatic carbocycles. The number of nitrogens with one attached hydrogen (secondary N) is 1.